The van der Waals surface area contributed by atoms with Crippen LogP contribution in [0.5, 0.6) is 5.75 Å². The number of nitrogens with one attached hydrogen (secondary N) is 3. The van der Waals surface area contributed by atoms with Gasteiger partial charge in [-0.05, 0) is 62.8 Å². The third-order valence-corrected chi connectivity index (χ3v) is 8.27. The summed E-state index contributed by atoms with van der Waals surface area (Å²) in [5, 5.41) is 12.4. The molecule has 0 aliphatic heterocycles. The van der Waals surface area contributed by atoms with Crippen LogP contribution in [-0.2, 0) is 4.79 Å². The molecule has 10 nitrogen and oxygen atoms in total. The van der Waals surface area contributed by atoms with E-state index in [2.05, 4.69) is 35.5 Å². The highest BCUT2D eigenvalue weighted by Gasteiger charge is 2.23. The van der Waals surface area contributed by atoms with Gasteiger partial charge in [0, 0.05) is 52.8 Å². The second kappa shape index (κ2) is 12.1. The first-order valence-corrected chi connectivity index (χ1v) is 15.1. The van der Waals surface area contributed by atoms with Gasteiger partial charge in [0.1, 0.15) is 23.9 Å². The van der Waals surface area contributed by atoms with Gasteiger partial charge in [-0.25, -0.2) is 4.39 Å². The molecular formula is C34H33FN8O2. The van der Waals surface area contributed by atoms with Gasteiger partial charge in [0.05, 0.1) is 46.7 Å². The maximum Gasteiger partial charge on any atom is 0.227 e. The number of pyridine rings is 3. The predicted octanol–water partition coefficient (Wildman–Crippen LogP) is 6.44. The monoisotopic (exact) mass is 604 g/mol. The normalized spacial score (nSPS) is 13.7. The first-order valence-electron chi connectivity index (χ1n) is 15.1. The highest BCUT2D eigenvalue weighted by molar-refractivity contribution is 6.01. The SMILES string of the molecule is CN(C)CCOc1cc(F)cc(-c2cncc3[nH]c(-c4n[nH]c5cnc(-c6cncc(NC(=O)C7CCCC7)c6)cc45)cc23)c1. The van der Waals surface area contributed by atoms with E-state index in [0.29, 0.717) is 35.0 Å². The molecule has 1 aliphatic carbocycles. The second-order valence-electron chi connectivity index (χ2n) is 11.8. The predicted molar refractivity (Wildman–Crippen MR) is 172 cm³/mol. The molecule has 6 aromatic rings. The lowest BCUT2D eigenvalue weighted by Crippen LogP contribution is -2.20. The molecule has 45 heavy (non-hydrogen) atoms. The van der Waals surface area contributed by atoms with Gasteiger partial charge in [0.15, 0.2) is 0 Å². The van der Waals surface area contributed by atoms with Crippen LogP contribution in [-0.4, -0.2) is 68.2 Å². The molecule has 5 aromatic heterocycles. The molecular weight excluding hydrogens is 571 g/mol. The fourth-order valence-corrected chi connectivity index (χ4v) is 5.92. The third kappa shape index (κ3) is 5.99. The Morgan fingerprint density at radius 1 is 0.956 bits per heavy atom. The van der Waals surface area contributed by atoms with E-state index in [1.807, 2.05) is 43.3 Å². The molecule has 0 unspecified atom stereocenters. The number of aromatic amines is 2. The van der Waals surface area contributed by atoms with Gasteiger partial charge < -0.3 is 19.9 Å². The number of H-pyrrole nitrogens is 2. The Hall–Kier alpha value is -5.16. The number of aromatic nitrogens is 6. The number of benzene rings is 1. The van der Waals surface area contributed by atoms with Gasteiger partial charge in [-0.2, -0.15) is 5.10 Å². The van der Waals surface area contributed by atoms with Crippen LogP contribution in [0.1, 0.15) is 25.7 Å². The van der Waals surface area contributed by atoms with Crippen molar-refractivity contribution in [3.8, 4) is 39.5 Å². The van der Waals surface area contributed by atoms with Crippen molar-refractivity contribution < 1.29 is 13.9 Å². The van der Waals surface area contributed by atoms with Crippen LogP contribution in [0.4, 0.5) is 10.1 Å². The first kappa shape index (κ1) is 28.6. The standard InChI is InChI=1S/C34H33FN8O2/c1-43(2)7-8-45-25-11-21(9-23(35)12-25)28-17-37-18-31-26(28)13-30(40-31)33-27-14-29(38-19-32(27)41-42-33)22-10-24(16-36-15-22)39-34(44)20-5-3-4-6-20/h9-20,40H,3-8H2,1-2H3,(H,39,44)(H,41,42). The minimum Gasteiger partial charge on any atom is -0.492 e. The molecule has 1 amide bonds. The topological polar surface area (TPSA) is 125 Å². The van der Waals surface area contributed by atoms with Crippen LogP contribution < -0.4 is 10.1 Å². The summed E-state index contributed by atoms with van der Waals surface area (Å²) in [4.78, 5) is 31.6. The number of ether oxygens (including phenoxy) is 1. The van der Waals surface area contributed by atoms with E-state index in [-0.39, 0.29) is 17.6 Å². The van der Waals surface area contributed by atoms with E-state index in [1.165, 1.54) is 12.1 Å². The average Bonchev–Trinajstić information content (AvgIpc) is 3.80. The fourth-order valence-electron chi connectivity index (χ4n) is 5.92. The van der Waals surface area contributed by atoms with Crippen molar-refractivity contribution in [1.29, 1.82) is 0 Å². The number of carbonyl (C=O) groups is 1. The number of carbonyl (C=O) groups excluding carboxylic acids is 1. The molecule has 1 fully saturated rings. The molecule has 3 N–H and O–H groups in total. The van der Waals surface area contributed by atoms with E-state index in [0.717, 1.165) is 70.9 Å². The molecule has 11 heteroatoms. The second-order valence-corrected chi connectivity index (χ2v) is 11.8. The summed E-state index contributed by atoms with van der Waals surface area (Å²) in [5.74, 6) is 0.198. The van der Waals surface area contributed by atoms with Crippen molar-refractivity contribution in [2.75, 3.05) is 32.6 Å². The lowest BCUT2D eigenvalue weighted by atomic mass is 10.0. The average molecular weight is 605 g/mol. The smallest absolute Gasteiger partial charge is 0.227 e. The van der Waals surface area contributed by atoms with Crippen LogP contribution in [0, 0.1) is 11.7 Å². The number of nitrogens with zero attached hydrogens (tertiary/aromatic N) is 5. The van der Waals surface area contributed by atoms with E-state index in [9.17, 15) is 9.18 Å². The van der Waals surface area contributed by atoms with Crippen LogP contribution in [0.3, 0.4) is 0 Å². The number of rotatable bonds is 9. The molecule has 228 valence electrons. The van der Waals surface area contributed by atoms with Crippen molar-refractivity contribution in [2.45, 2.75) is 25.7 Å². The molecule has 5 heterocycles. The van der Waals surface area contributed by atoms with Gasteiger partial charge in [-0.3, -0.25) is 24.8 Å². The van der Waals surface area contributed by atoms with E-state index >= 15 is 0 Å². The zero-order valence-electron chi connectivity index (χ0n) is 25.1. The maximum atomic E-state index is 14.7. The largest absolute Gasteiger partial charge is 0.492 e. The summed E-state index contributed by atoms with van der Waals surface area (Å²) < 4.78 is 20.5. The van der Waals surface area contributed by atoms with Crippen molar-refractivity contribution in [3.05, 3.63) is 73.2 Å². The molecule has 1 aromatic carbocycles. The molecule has 0 radical (unpaired) electrons. The van der Waals surface area contributed by atoms with Crippen LogP contribution in [0.25, 0.3) is 55.6 Å². The van der Waals surface area contributed by atoms with Crippen molar-refractivity contribution >= 4 is 33.4 Å². The highest BCUT2D eigenvalue weighted by atomic mass is 19.1. The summed E-state index contributed by atoms with van der Waals surface area (Å²) in [6, 6.07) is 10.6. The Labute approximate surface area is 259 Å². The van der Waals surface area contributed by atoms with Gasteiger partial charge in [0.25, 0.3) is 0 Å². The first-order chi connectivity index (χ1) is 21.9. The van der Waals surface area contributed by atoms with Crippen molar-refractivity contribution in [1.82, 2.24) is 35.0 Å². The summed E-state index contributed by atoms with van der Waals surface area (Å²) >= 11 is 0. The Morgan fingerprint density at radius 3 is 2.64 bits per heavy atom. The Morgan fingerprint density at radius 2 is 1.80 bits per heavy atom. The van der Waals surface area contributed by atoms with E-state index in [1.54, 1.807) is 31.0 Å². The van der Waals surface area contributed by atoms with Gasteiger partial charge >= 0.3 is 0 Å². The van der Waals surface area contributed by atoms with Crippen LogP contribution in [0.15, 0.2) is 67.4 Å². The number of amides is 1. The maximum absolute atomic E-state index is 14.7. The number of likely N-dealkylation sites (N-methyl/N-ethyl adjacent to an activating group) is 1. The lowest BCUT2D eigenvalue weighted by molar-refractivity contribution is -0.119. The van der Waals surface area contributed by atoms with Gasteiger partial charge in [-0.1, -0.05) is 12.8 Å². The highest BCUT2D eigenvalue weighted by Crippen LogP contribution is 2.36. The zero-order valence-corrected chi connectivity index (χ0v) is 25.1. The number of hydrogen-bond acceptors (Lipinski definition) is 7. The minimum atomic E-state index is -0.380. The summed E-state index contributed by atoms with van der Waals surface area (Å²) in [6.45, 7) is 1.17. The summed E-state index contributed by atoms with van der Waals surface area (Å²) in [7, 11) is 3.92. The summed E-state index contributed by atoms with van der Waals surface area (Å²) in [5.41, 5.74) is 6.63. The van der Waals surface area contributed by atoms with Crippen LogP contribution >= 0.6 is 0 Å². The minimum absolute atomic E-state index is 0.0472. The number of anilines is 1. The molecule has 0 saturated heterocycles. The fraction of sp³-hybridized carbons (Fsp3) is 0.265. The van der Waals surface area contributed by atoms with Gasteiger partial charge in [0.2, 0.25) is 5.91 Å². The Bertz CT molecular complexity index is 2010. The molecule has 7 rings (SSSR count). The van der Waals surface area contributed by atoms with Crippen molar-refractivity contribution in [3.63, 3.8) is 0 Å². The quantitative estimate of drug-likeness (QED) is 0.174. The molecule has 0 atom stereocenters. The zero-order chi connectivity index (χ0) is 30.9. The summed E-state index contributed by atoms with van der Waals surface area (Å²) in [6.07, 6.45) is 12.7. The molecule has 0 spiro atoms. The van der Waals surface area contributed by atoms with Gasteiger partial charge in [-0.15, -0.1) is 0 Å². The number of fused-ring (bicyclic) bond motifs is 2. The Kier molecular flexibility index (Phi) is 7.68. The van der Waals surface area contributed by atoms with E-state index < -0.39 is 0 Å². The van der Waals surface area contributed by atoms with E-state index in [4.69, 9.17) is 4.74 Å². The third-order valence-electron chi connectivity index (χ3n) is 8.27. The molecule has 1 aliphatic rings. The Balaban J connectivity index is 1.20. The number of halogens is 1. The van der Waals surface area contributed by atoms with Crippen molar-refractivity contribution in [2.24, 2.45) is 5.92 Å². The lowest BCUT2D eigenvalue weighted by Gasteiger charge is -2.12. The van der Waals surface area contributed by atoms with Crippen LogP contribution in [0.2, 0.25) is 0 Å². The number of hydrogen-bond donors (Lipinski definition) is 3. The molecule has 0 bridgehead atoms. The molecule has 1 saturated carbocycles.